The maximum atomic E-state index is 11.6. The van der Waals surface area contributed by atoms with Gasteiger partial charge in [-0.1, -0.05) is 0 Å². The van der Waals surface area contributed by atoms with E-state index >= 15 is 0 Å². The highest BCUT2D eigenvalue weighted by molar-refractivity contribution is 5.66. The SMILES string of the molecule is CC(=O)OC[C@H]1O[C@@H]2[C@@H](Oc3nc(=O)c(C)cn32)[C@@H]1OC(C)=O. The lowest BCUT2D eigenvalue weighted by Crippen LogP contribution is -2.39. The van der Waals surface area contributed by atoms with Crippen LogP contribution in [0.4, 0.5) is 0 Å². The first-order valence-corrected chi connectivity index (χ1v) is 7.09. The van der Waals surface area contributed by atoms with Crippen LogP contribution in [-0.4, -0.2) is 46.4 Å². The predicted molar refractivity (Wildman–Crippen MR) is 73.7 cm³/mol. The summed E-state index contributed by atoms with van der Waals surface area (Å²) in [5.41, 5.74) is 0.0470. The van der Waals surface area contributed by atoms with Crippen molar-refractivity contribution < 1.29 is 28.5 Å². The van der Waals surface area contributed by atoms with Gasteiger partial charge in [-0.25, -0.2) is 0 Å². The van der Waals surface area contributed by atoms with Gasteiger partial charge in [0.05, 0.1) is 0 Å². The van der Waals surface area contributed by atoms with Crippen molar-refractivity contribution in [1.82, 2.24) is 9.55 Å². The van der Waals surface area contributed by atoms with Crippen LogP contribution in [0.15, 0.2) is 11.0 Å². The molecule has 0 spiro atoms. The van der Waals surface area contributed by atoms with Crippen molar-refractivity contribution in [1.29, 1.82) is 0 Å². The van der Waals surface area contributed by atoms with Crippen molar-refractivity contribution >= 4 is 11.9 Å². The minimum atomic E-state index is -0.769. The van der Waals surface area contributed by atoms with Gasteiger partial charge in [0.15, 0.2) is 18.4 Å². The molecule has 124 valence electrons. The van der Waals surface area contributed by atoms with E-state index in [0.717, 1.165) is 0 Å². The average molecular weight is 324 g/mol. The van der Waals surface area contributed by atoms with E-state index in [2.05, 4.69) is 4.98 Å². The van der Waals surface area contributed by atoms with E-state index in [9.17, 15) is 14.4 Å². The molecule has 23 heavy (non-hydrogen) atoms. The molecule has 1 aromatic rings. The van der Waals surface area contributed by atoms with Gasteiger partial charge < -0.3 is 18.9 Å². The van der Waals surface area contributed by atoms with E-state index in [1.165, 1.54) is 13.8 Å². The minimum Gasteiger partial charge on any atom is -0.463 e. The zero-order chi connectivity index (χ0) is 16.7. The lowest BCUT2D eigenvalue weighted by molar-refractivity contribution is -0.157. The fourth-order valence-corrected chi connectivity index (χ4v) is 2.67. The molecule has 9 heteroatoms. The largest absolute Gasteiger partial charge is 0.463 e. The highest BCUT2D eigenvalue weighted by Crippen LogP contribution is 2.40. The monoisotopic (exact) mass is 324 g/mol. The normalized spacial score (nSPS) is 27.8. The van der Waals surface area contributed by atoms with Crippen LogP contribution in [0.25, 0.3) is 0 Å². The molecule has 2 aliphatic rings. The van der Waals surface area contributed by atoms with E-state index in [-0.39, 0.29) is 12.6 Å². The molecule has 0 radical (unpaired) electrons. The number of hydrogen-bond donors (Lipinski definition) is 0. The molecule has 3 heterocycles. The fraction of sp³-hybridized carbons (Fsp3) is 0.571. The first kappa shape index (κ1) is 15.5. The van der Waals surface area contributed by atoms with Crippen molar-refractivity contribution in [3.63, 3.8) is 0 Å². The third-order valence-electron chi connectivity index (χ3n) is 3.64. The summed E-state index contributed by atoms with van der Waals surface area (Å²) >= 11 is 0. The Balaban J connectivity index is 1.88. The predicted octanol–water partition coefficient (Wildman–Crippen LogP) is -0.295. The lowest BCUT2D eigenvalue weighted by atomic mass is 10.1. The molecule has 2 aliphatic heterocycles. The number of carbonyl (C=O) groups excluding carboxylic acids is 2. The molecule has 1 fully saturated rings. The van der Waals surface area contributed by atoms with Gasteiger partial charge in [0.2, 0.25) is 0 Å². The average Bonchev–Trinajstić information content (AvgIpc) is 2.94. The molecule has 0 amide bonds. The van der Waals surface area contributed by atoms with Crippen LogP contribution < -0.4 is 10.3 Å². The summed E-state index contributed by atoms with van der Waals surface area (Å²) in [6, 6.07) is 0.110. The summed E-state index contributed by atoms with van der Waals surface area (Å²) in [7, 11) is 0. The Morgan fingerprint density at radius 2 is 2.09 bits per heavy atom. The molecular formula is C14H16N2O7. The molecule has 0 saturated carbocycles. The Morgan fingerprint density at radius 3 is 2.74 bits per heavy atom. The van der Waals surface area contributed by atoms with Crippen molar-refractivity contribution in [2.45, 2.75) is 45.3 Å². The van der Waals surface area contributed by atoms with E-state index in [0.29, 0.717) is 5.56 Å². The Hall–Kier alpha value is -2.42. The summed E-state index contributed by atoms with van der Waals surface area (Å²) in [5, 5.41) is 0. The van der Waals surface area contributed by atoms with Gasteiger partial charge in [-0.3, -0.25) is 19.0 Å². The minimum absolute atomic E-state index is 0.0639. The zero-order valence-corrected chi connectivity index (χ0v) is 12.8. The molecule has 1 saturated heterocycles. The van der Waals surface area contributed by atoms with Crippen LogP contribution in [0.5, 0.6) is 6.01 Å². The van der Waals surface area contributed by atoms with Gasteiger partial charge >= 0.3 is 17.9 Å². The Kier molecular flexibility index (Phi) is 3.80. The van der Waals surface area contributed by atoms with Crippen LogP contribution in [0.2, 0.25) is 0 Å². The van der Waals surface area contributed by atoms with Crippen molar-refractivity contribution in [2.24, 2.45) is 0 Å². The Labute approximate surface area is 131 Å². The quantitative estimate of drug-likeness (QED) is 0.698. The Morgan fingerprint density at radius 1 is 1.35 bits per heavy atom. The number of aryl methyl sites for hydroxylation is 1. The number of hydrogen-bond acceptors (Lipinski definition) is 8. The summed E-state index contributed by atoms with van der Waals surface area (Å²) in [4.78, 5) is 37.8. The van der Waals surface area contributed by atoms with Gasteiger partial charge in [0, 0.05) is 25.6 Å². The molecule has 4 atom stereocenters. The topological polar surface area (TPSA) is 106 Å². The first-order valence-electron chi connectivity index (χ1n) is 7.09. The summed E-state index contributed by atoms with van der Waals surface area (Å²) in [6.07, 6.45) is -1.12. The second-order valence-corrected chi connectivity index (χ2v) is 5.44. The van der Waals surface area contributed by atoms with E-state index in [4.69, 9.17) is 18.9 Å². The number of carbonyl (C=O) groups is 2. The molecule has 0 aliphatic carbocycles. The van der Waals surface area contributed by atoms with Crippen LogP contribution >= 0.6 is 0 Å². The van der Waals surface area contributed by atoms with Crippen LogP contribution in [0, 0.1) is 6.92 Å². The van der Waals surface area contributed by atoms with E-state index in [1.54, 1.807) is 17.7 Å². The zero-order valence-electron chi connectivity index (χ0n) is 12.8. The van der Waals surface area contributed by atoms with Gasteiger partial charge in [0.25, 0.3) is 5.56 Å². The van der Waals surface area contributed by atoms with Crippen LogP contribution in [0.1, 0.15) is 25.6 Å². The number of fused-ring (bicyclic) bond motifs is 3. The molecule has 1 aromatic heterocycles. The summed E-state index contributed by atoms with van der Waals surface area (Å²) < 4.78 is 23.2. The smallest absolute Gasteiger partial charge is 0.303 e. The number of ether oxygens (including phenoxy) is 4. The van der Waals surface area contributed by atoms with Crippen molar-refractivity contribution in [2.75, 3.05) is 6.61 Å². The maximum absolute atomic E-state index is 11.6. The standard InChI is InChI=1S/C14H16N2O7/c1-6-4-16-13-11(23-14(16)15-12(6)19)10(21-8(3)18)9(22-13)5-20-7(2)17/h4,9-11,13H,5H2,1-3H3/t9-,10-,11+,13-/m1/s1. The third-order valence-corrected chi connectivity index (χ3v) is 3.64. The number of aromatic nitrogens is 2. The van der Waals surface area contributed by atoms with Crippen LogP contribution in [0.3, 0.4) is 0 Å². The molecular weight excluding hydrogens is 308 g/mol. The van der Waals surface area contributed by atoms with Gasteiger partial charge in [-0.15, -0.1) is 0 Å². The molecule has 9 nitrogen and oxygen atoms in total. The summed E-state index contributed by atoms with van der Waals surface area (Å²) in [6.45, 7) is 4.11. The van der Waals surface area contributed by atoms with Gasteiger partial charge in [0.1, 0.15) is 12.7 Å². The van der Waals surface area contributed by atoms with Crippen molar-refractivity contribution in [3.8, 4) is 6.01 Å². The molecule has 0 bridgehead atoms. The second-order valence-electron chi connectivity index (χ2n) is 5.44. The molecule has 0 aromatic carbocycles. The third kappa shape index (κ3) is 2.79. The van der Waals surface area contributed by atoms with Crippen LogP contribution in [-0.2, 0) is 23.8 Å². The fourth-order valence-electron chi connectivity index (χ4n) is 2.67. The maximum Gasteiger partial charge on any atom is 0.303 e. The highest BCUT2D eigenvalue weighted by Gasteiger charge is 2.54. The van der Waals surface area contributed by atoms with Gasteiger partial charge in [-0.2, -0.15) is 4.98 Å². The highest BCUT2D eigenvalue weighted by atomic mass is 16.7. The van der Waals surface area contributed by atoms with Crippen molar-refractivity contribution in [3.05, 3.63) is 22.1 Å². The second kappa shape index (κ2) is 5.65. The summed E-state index contributed by atoms with van der Waals surface area (Å²) in [5.74, 6) is -0.972. The van der Waals surface area contributed by atoms with Gasteiger partial charge in [-0.05, 0) is 6.92 Å². The number of nitrogens with zero attached hydrogens (tertiary/aromatic N) is 2. The van der Waals surface area contributed by atoms with E-state index in [1.807, 2.05) is 0 Å². The Bertz CT molecular complexity index is 714. The first-order chi connectivity index (χ1) is 10.9. The molecule has 3 rings (SSSR count). The van der Waals surface area contributed by atoms with E-state index < -0.39 is 42.0 Å². The molecule has 0 unspecified atom stereocenters. The number of esters is 2. The lowest BCUT2D eigenvalue weighted by Gasteiger charge is -2.20. The number of rotatable bonds is 3. The molecule has 0 N–H and O–H groups in total.